The number of hydrogen-bond donors (Lipinski definition) is 0. The lowest BCUT2D eigenvalue weighted by atomic mass is 9.93. The maximum atomic E-state index is 13.7. The van der Waals surface area contributed by atoms with Crippen molar-refractivity contribution in [1.29, 1.82) is 0 Å². The van der Waals surface area contributed by atoms with Gasteiger partial charge in [0.1, 0.15) is 5.82 Å². The SMILES string of the molecule is Cc1ccc(S(=O)(=O)N2C[C@H](c3ccc(Br)cc3)c3c2n(C)c2ccc(Cl)cc32)cc1. The van der Waals surface area contributed by atoms with Gasteiger partial charge >= 0.3 is 0 Å². The van der Waals surface area contributed by atoms with Gasteiger partial charge in [-0.05, 0) is 55.0 Å². The Labute approximate surface area is 195 Å². The summed E-state index contributed by atoms with van der Waals surface area (Å²) in [5.74, 6) is 0.608. The van der Waals surface area contributed by atoms with Gasteiger partial charge in [0.15, 0.2) is 0 Å². The van der Waals surface area contributed by atoms with E-state index < -0.39 is 10.0 Å². The molecule has 4 nitrogen and oxygen atoms in total. The van der Waals surface area contributed by atoms with E-state index in [1.807, 2.05) is 73.1 Å². The van der Waals surface area contributed by atoms with Crippen LogP contribution in [0.15, 0.2) is 76.1 Å². The molecule has 0 saturated heterocycles. The summed E-state index contributed by atoms with van der Waals surface area (Å²) in [5, 5.41) is 1.62. The average Bonchev–Trinajstić information content (AvgIpc) is 3.26. The number of benzene rings is 3. The highest BCUT2D eigenvalue weighted by atomic mass is 79.9. The van der Waals surface area contributed by atoms with Gasteiger partial charge in [-0.2, -0.15) is 0 Å². The standard InChI is InChI=1S/C24H20BrClN2O2S/c1-15-3-10-19(11-4-15)31(29,30)28-14-21(16-5-7-17(25)8-6-16)23-20-13-18(26)9-12-22(20)27(2)24(23)28/h3-13,21H,14H2,1-2H3/t21-/m1/s1. The van der Waals surface area contributed by atoms with Gasteiger partial charge in [0.2, 0.25) is 0 Å². The van der Waals surface area contributed by atoms with Crippen LogP contribution < -0.4 is 4.31 Å². The fourth-order valence-corrected chi connectivity index (χ4v) is 6.40. The van der Waals surface area contributed by atoms with Crippen LogP contribution in [0.2, 0.25) is 5.02 Å². The normalized spacial score (nSPS) is 16.1. The predicted molar refractivity (Wildman–Crippen MR) is 130 cm³/mol. The summed E-state index contributed by atoms with van der Waals surface area (Å²) >= 11 is 9.83. The van der Waals surface area contributed by atoms with E-state index >= 15 is 0 Å². The largest absolute Gasteiger partial charge is 0.330 e. The van der Waals surface area contributed by atoms with Gasteiger partial charge in [0.05, 0.1) is 4.90 Å². The molecule has 1 aliphatic rings. The van der Waals surface area contributed by atoms with E-state index in [1.54, 1.807) is 16.4 Å². The molecule has 1 aromatic heterocycles. The molecule has 0 fully saturated rings. The maximum Gasteiger partial charge on any atom is 0.265 e. The van der Waals surface area contributed by atoms with Crippen molar-refractivity contribution in [1.82, 2.24) is 4.57 Å². The molecule has 0 N–H and O–H groups in total. The van der Waals surface area contributed by atoms with E-state index in [-0.39, 0.29) is 5.92 Å². The van der Waals surface area contributed by atoms with Gasteiger partial charge in [0.25, 0.3) is 10.0 Å². The molecule has 31 heavy (non-hydrogen) atoms. The smallest absolute Gasteiger partial charge is 0.265 e. The molecule has 3 aromatic carbocycles. The average molecular weight is 516 g/mol. The topological polar surface area (TPSA) is 42.3 Å². The lowest BCUT2D eigenvalue weighted by Crippen LogP contribution is -2.31. The first-order valence-electron chi connectivity index (χ1n) is 9.90. The van der Waals surface area contributed by atoms with Crippen LogP contribution in [0.3, 0.4) is 0 Å². The minimum atomic E-state index is -3.73. The number of fused-ring (bicyclic) bond motifs is 3. The first-order chi connectivity index (χ1) is 14.8. The van der Waals surface area contributed by atoms with E-state index in [0.717, 1.165) is 32.1 Å². The Morgan fingerprint density at radius 3 is 2.35 bits per heavy atom. The van der Waals surface area contributed by atoms with E-state index in [1.165, 1.54) is 0 Å². The van der Waals surface area contributed by atoms with Crippen LogP contribution in [-0.2, 0) is 17.1 Å². The third kappa shape index (κ3) is 3.28. The Morgan fingerprint density at radius 1 is 1.00 bits per heavy atom. The summed E-state index contributed by atoms with van der Waals surface area (Å²) in [6, 6.07) is 20.8. The van der Waals surface area contributed by atoms with E-state index in [9.17, 15) is 8.42 Å². The van der Waals surface area contributed by atoms with Gasteiger partial charge in [-0.25, -0.2) is 8.42 Å². The molecule has 7 heteroatoms. The molecule has 0 unspecified atom stereocenters. The summed E-state index contributed by atoms with van der Waals surface area (Å²) in [6.07, 6.45) is 0. The summed E-state index contributed by atoms with van der Waals surface area (Å²) in [4.78, 5) is 0.295. The predicted octanol–water partition coefficient (Wildman–Crippen LogP) is 6.24. The number of nitrogens with zero attached hydrogens (tertiary/aromatic N) is 2. The van der Waals surface area contributed by atoms with Crippen LogP contribution in [0.25, 0.3) is 10.9 Å². The minimum absolute atomic E-state index is 0.0921. The van der Waals surface area contributed by atoms with Gasteiger partial charge in [-0.3, -0.25) is 4.31 Å². The summed E-state index contributed by atoms with van der Waals surface area (Å²) in [6.45, 7) is 2.29. The molecule has 0 radical (unpaired) electrons. The lowest BCUT2D eigenvalue weighted by molar-refractivity contribution is 0.590. The Balaban J connectivity index is 1.76. The number of sulfonamides is 1. The molecule has 1 atom stereocenters. The third-order valence-electron chi connectivity index (χ3n) is 5.98. The highest BCUT2D eigenvalue weighted by molar-refractivity contribution is 9.10. The van der Waals surface area contributed by atoms with Crippen molar-refractivity contribution in [2.24, 2.45) is 7.05 Å². The summed E-state index contributed by atoms with van der Waals surface area (Å²) < 4.78 is 31.9. The van der Waals surface area contributed by atoms with Crippen molar-refractivity contribution in [3.63, 3.8) is 0 Å². The van der Waals surface area contributed by atoms with E-state index in [4.69, 9.17) is 11.6 Å². The number of aromatic nitrogens is 1. The molecule has 0 spiro atoms. The second kappa shape index (κ2) is 7.40. The molecule has 0 bridgehead atoms. The number of hydrogen-bond acceptors (Lipinski definition) is 2. The number of rotatable bonds is 3. The molecule has 158 valence electrons. The molecule has 0 aliphatic carbocycles. The van der Waals surface area contributed by atoms with Crippen LogP contribution in [0.5, 0.6) is 0 Å². The Hall–Kier alpha value is -2.28. The number of anilines is 1. The highest BCUT2D eigenvalue weighted by Gasteiger charge is 2.41. The fourth-order valence-electron chi connectivity index (χ4n) is 4.44. The number of halogens is 2. The third-order valence-corrected chi connectivity index (χ3v) is 8.52. The number of aryl methyl sites for hydroxylation is 2. The van der Waals surface area contributed by atoms with Crippen LogP contribution in [0, 0.1) is 6.92 Å². The first kappa shape index (κ1) is 20.6. The molecule has 4 aromatic rings. The minimum Gasteiger partial charge on any atom is -0.330 e. The van der Waals surface area contributed by atoms with Crippen LogP contribution in [0.4, 0.5) is 5.82 Å². The van der Waals surface area contributed by atoms with Crippen molar-refractivity contribution >= 4 is 54.3 Å². The highest BCUT2D eigenvalue weighted by Crippen LogP contribution is 2.48. The van der Waals surface area contributed by atoms with Gasteiger partial charge in [-0.15, -0.1) is 0 Å². The van der Waals surface area contributed by atoms with Crippen LogP contribution >= 0.6 is 27.5 Å². The molecule has 5 rings (SSSR count). The molecule has 0 saturated carbocycles. The summed E-state index contributed by atoms with van der Waals surface area (Å²) in [5.41, 5.74) is 4.05. The van der Waals surface area contributed by atoms with Crippen LogP contribution in [-0.4, -0.2) is 19.5 Å². The van der Waals surface area contributed by atoms with Crippen molar-refractivity contribution in [2.45, 2.75) is 17.7 Å². The van der Waals surface area contributed by atoms with Gasteiger partial charge in [0, 0.05) is 45.5 Å². The zero-order valence-electron chi connectivity index (χ0n) is 17.0. The fraction of sp³-hybridized carbons (Fsp3) is 0.167. The second-order valence-electron chi connectivity index (χ2n) is 7.91. The molecule has 1 aliphatic heterocycles. The zero-order valence-corrected chi connectivity index (χ0v) is 20.2. The summed E-state index contributed by atoms with van der Waals surface area (Å²) in [7, 11) is -1.81. The van der Waals surface area contributed by atoms with E-state index in [2.05, 4.69) is 15.9 Å². The molecule has 0 amide bonds. The van der Waals surface area contributed by atoms with Crippen molar-refractivity contribution in [3.05, 3.63) is 92.9 Å². The maximum absolute atomic E-state index is 13.7. The second-order valence-corrected chi connectivity index (χ2v) is 11.1. The van der Waals surface area contributed by atoms with Crippen LogP contribution in [0.1, 0.15) is 22.6 Å². The lowest BCUT2D eigenvalue weighted by Gasteiger charge is -2.22. The van der Waals surface area contributed by atoms with Crippen molar-refractivity contribution in [3.8, 4) is 0 Å². The zero-order chi connectivity index (χ0) is 21.9. The van der Waals surface area contributed by atoms with Crippen molar-refractivity contribution < 1.29 is 8.42 Å². The van der Waals surface area contributed by atoms with Gasteiger partial charge in [-0.1, -0.05) is 57.4 Å². The van der Waals surface area contributed by atoms with Gasteiger partial charge < -0.3 is 4.57 Å². The first-order valence-corrected chi connectivity index (χ1v) is 12.5. The molecular formula is C24H20BrClN2O2S. The Kier molecular flexibility index (Phi) is 4.92. The monoisotopic (exact) mass is 514 g/mol. The van der Waals surface area contributed by atoms with E-state index in [0.29, 0.717) is 22.3 Å². The Bertz CT molecular complexity index is 1410. The van der Waals surface area contributed by atoms with Crippen molar-refractivity contribution in [2.75, 3.05) is 10.8 Å². The molecular weight excluding hydrogens is 496 g/mol. The quantitative estimate of drug-likeness (QED) is 0.324. The Morgan fingerprint density at radius 2 is 1.68 bits per heavy atom. The molecule has 2 heterocycles.